The number of hydrogen-bond donors (Lipinski definition) is 0. The van der Waals surface area contributed by atoms with Gasteiger partial charge in [-0.2, -0.15) is 0 Å². The maximum atomic E-state index is 5.37. The summed E-state index contributed by atoms with van der Waals surface area (Å²) in [5.41, 5.74) is 12.1. The predicted molar refractivity (Wildman–Crippen MR) is 249 cm³/mol. The Labute approximate surface area is 363 Å². The van der Waals surface area contributed by atoms with Gasteiger partial charge in [0.15, 0.2) is 5.82 Å². The molecule has 5 aromatic rings. The Morgan fingerprint density at radius 2 is 1.25 bits per heavy atom. The minimum absolute atomic E-state index is 0.536. The van der Waals surface area contributed by atoms with E-state index in [-0.39, 0.29) is 0 Å². The zero-order valence-corrected chi connectivity index (χ0v) is 35.5. The lowest BCUT2D eigenvalue weighted by atomic mass is 9.55. The zero-order valence-electron chi connectivity index (χ0n) is 35.5. The summed E-state index contributed by atoms with van der Waals surface area (Å²) in [5, 5.41) is 0. The number of nitrogens with zero attached hydrogens (tertiary/aromatic N) is 3. The minimum Gasteiger partial charge on any atom is -0.365 e. The fourth-order valence-electron chi connectivity index (χ4n) is 16.1. The smallest absolute Gasteiger partial charge is 0.160 e. The van der Waals surface area contributed by atoms with Crippen molar-refractivity contribution in [2.45, 2.75) is 94.5 Å². The molecule has 7 aliphatic carbocycles. The molecule has 3 nitrogen and oxygen atoms in total. The van der Waals surface area contributed by atoms with E-state index in [2.05, 4.69) is 151 Å². The summed E-state index contributed by atoms with van der Waals surface area (Å²) in [7, 11) is 0. The number of rotatable bonds is 6. The molecule has 13 rings (SSSR count). The first-order valence-electron chi connectivity index (χ1n) is 24.3. The van der Waals surface area contributed by atoms with Crippen molar-refractivity contribution in [1.29, 1.82) is 0 Å². The van der Waals surface area contributed by atoms with Crippen molar-refractivity contribution >= 4 is 11.3 Å². The molecule has 1 saturated heterocycles. The van der Waals surface area contributed by atoms with Gasteiger partial charge in [0.2, 0.25) is 0 Å². The number of allylic oxidation sites excluding steroid dienone is 6. The van der Waals surface area contributed by atoms with Gasteiger partial charge in [-0.15, -0.1) is 0 Å². The SMILES string of the molecule is C1=CC(c2nc(-c3ccccc3)cc(-c3cccc(N4C5CCC6CCC=C7C(c8ccccc8)C8C9CCCCC9C9C(c%10ccccc%10)CC4C(C98)C5C76)c3)n2)=CCC1. The van der Waals surface area contributed by atoms with Gasteiger partial charge in [-0.05, 0) is 146 Å². The van der Waals surface area contributed by atoms with Gasteiger partial charge in [-0.1, -0.05) is 146 Å². The summed E-state index contributed by atoms with van der Waals surface area (Å²) < 4.78 is 0. The fraction of sp³-hybridized carbons (Fsp3) is 0.414. The van der Waals surface area contributed by atoms with Crippen molar-refractivity contribution < 1.29 is 0 Å². The van der Waals surface area contributed by atoms with Gasteiger partial charge < -0.3 is 4.90 Å². The van der Waals surface area contributed by atoms with Crippen LogP contribution >= 0.6 is 0 Å². The topological polar surface area (TPSA) is 29.0 Å². The second-order valence-electron chi connectivity index (χ2n) is 20.3. The highest BCUT2D eigenvalue weighted by atomic mass is 15.2. The van der Waals surface area contributed by atoms with Crippen molar-refractivity contribution in [3.8, 4) is 22.5 Å². The van der Waals surface area contributed by atoms with Crippen molar-refractivity contribution in [2.24, 2.45) is 53.3 Å². The van der Waals surface area contributed by atoms with Crippen LogP contribution in [0, 0.1) is 53.3 Å². The number of hydrogen-bond acceptors (Lipinski definition) is 3. The fourth-order valence-corrected chi connectivity index (χ4v) is 16.1. The lowest BCUT2D eigenvalue weighted by Crippen LogP contribution is -2.47. The third kappa shape index (κ3) is 5.81. The van der Waals surface area contributed by atoms with Crippen LogP contribution in [0.4, 0.5) is 5.69 Å². The third-order valence-corrected chi connectivity index (χ3v) is 17.9. The Morgan fingerprint density at radius 3 is 2.02 bits per heavy atom. The molecule has 306 valence electrons. The highest BCUT2D eigenvalue weighted by Gasteiger charge is 2.70. The molecule has 61 heavy (non-hydrogen) atoms. The molecular formula is C58H59N3. The molecule has 4 aromatic carbocycles. The summed E-state index contributed by atoms with van der Waals surface area (Å²) in [4.78, 5) is 13.6. The normalized spacial score (nSPS) is 35.4. The van der Waals surface area contributed by atoms with E-state index < -0.39 is 0 Å². The Balaban J connectivity index is 0.986. The van der Waals surface area contributed by atoms with Gasteiger partial charge in [0, 0.05) is 40.4 Å². The van der Waals surface area contributed by atoms with Crippen LogP contribution < -0.4 is 4.90 Å². The van der Waals surface area contributed by atoms with Crippen LogP contribution in [0.3, 0.4) is 0 Å². The first kappa shape index (κ1) is 36.6. The number of aromatic nitrogens is 2. The molecule has 0 N–H and O–H groups in total. The lowest BCUT2D eigenvalue weighted by Gasteiger charge is -2.49. The average molecular weight is 798 g/mol. The summed E-state index contributed by atoms with van der Waals surface area (Å²) in [6.45, 7) is 0. The molecule has 0 amide bonds. The van der Waals surface area contributed by atoms with E-state index in [1.165, 1.54) is 69.0 Å². The van der Waals surface area contributed by atoms with Crippen molar-refractivity contribution in [3.63, 3.8) is 0 Å². The average Bonchev–Trinajstić information content (AvgIpc) is 3.81. The van der Waals surface area contributed by atoms with Crippen LogP contribution in [0.15, 0.2) is 151 Å². The molecule has 6 fully saturated rings. The Bertz CT molecular complexity index is 2520. The van der Waals surface area contributed by atoms with Gasteiger partial charge >= 0.3 is 0 Å². The van der Waals surface area contributed by atoms with E-state index in [1.807, 2.05) is 5.57 Å². The number of fused-ring (bicyclic) bond motifs is 3. The maximum Gasteiger partial charge on any atom is 0.160 e. The standard InChI is InChI=1S/C58H59N3/c1-5-17-36(18-6-1)46-34-50-56-55-49(61(50)42-27-15-26-41(33-42)48-35-47(37-19-7-2-8-20-37)59-58(60-48)40-23-11-4-12-24-40)32-31-39-25-16-30-45(52(39)55)51(38-21-9-3-10-22-38)54-44-29-14-13-28-43(44)53(46)57(54)56/h1-3,5-11,15,17-24,26-27,30,33,35,39,43-44,46,49-57H,4,12-14,16,25,28-29,31-32,34H2. The van der Waals surface area contributed by atoms with Crippen molar-refractivity contribution in [1.82, 2.24) is 9.97 Å². The Hall–Kier alpha value is -5.02. The quantitative estimate of drug-likeness (QED) is 0.160. The van der Waals surface area contributed by atoms with E-state index in [0.717, 1.165) is 88.5 Å². The van der Waals surface area contributed by atoms with Gasteiger partial charge in [0.25, 0.3) is 0 Å². The second-order valence-corrected chi connectivity index (χ2v) is 20.3. The second kappa shape index (κ2) is 14.8. The highest BCUT2D eigenvalue weighted by molar-refractivity contribution is 5.77. The van der Waals surface area contributed by atoms with E-state index in [0.29, 0.717) is 29.8 Å². The van der Waals surface area contributed by atoms with Crippen LogP contribution in [0.25, 0.3) is 28.1 Å². The molecule has 1 aliphatic heterocycles. The molecule has 0 spiro atoms. The highest BCUT2D eigenvalue weighted by Crippen LogP contribution is 2.74. The van der Waals surface area contributed by atoms with Crippen molar-refractivity contribution in [3.05, 3.63) is 168 Å². The number of benzene rings is 4. The van der Waals surface area contributed by atoms with Crippen LogP contribution in [-0.4, -0.2) is 22.1 Å². The molecule has 5 saturated carbocycles. The van der Waals surface area contributed by atoms with Gasteiger partial charge in [-0.3, -0.25) is 0 Å². The van der Waals surface area contributed by atoms with Gasteiger partial charge in [-0.25, -0.2) is 9.97 Å². The molecular weight excluding hydrogens is 739 g/mol. The molecule has 0 bridgehead atoms. The molecule has 13 unspecified atom stereocenters. The molecule has 3 heteroatoms. The first-order chi connectivity index (χ1) is 30.3. The zero-order chi connectivity index (χ0) is 40.0. The van der Waals surface area contributed by atoms with Gasteiger partial charge in [0.1, 0.15) is 0 Å². The maximum absolute atomic E-state index is 5.37. The number of anilines is 1. The molecule has 13 atom stereocenters. The Kier molecular flexibility index (Phi) is 8.89. The molecule has 0 radical (unpaired) electrons. The largest absolute Gasteiger partial charge is 0.365 e. The minimum atomic E-state index is 0.536. The van der Waals surface area contributed by atoms with Gasteiger partial charge in [0.05, 0.1) is 11.4 Å². The summed E-state index contributed by atoms with van der Waals surface area (Å²) >= 11 is 0. The van der Waals surface area contributed by atoms with E-state index >= 15 is 0 Å². The van der Waals surface area contributed by atoms with Crippen LogP contribution in [0.2, 0.25) is 0 Å². The monoisotopic (exact) mass is 797 g/mol. The lowest BCUT2D eigenvalue weighted by molar-refractivity contribution is 0.0441. The first-order valence-corrected chi connectivity index (χ1v) is 24.3. The van der Waals surface area contributed by atoms with Crippen LogP contribution in [0.1, 0.15) is 99.4 Å². The third-order valence-electron chi connectivity index (χ3n) is 17.9. The van der Waals surface area contributed by atoms with E-state index in [9.17, 15) is 0 Å². The van der Waals surface area contributed by atoms with Crippen LogP contribution in [-0.2, 0) is 0 Å². The molecule has 8 aliphatic rings. The molecule has 1 aromatic heterocycles. The summed E-state index contributed by atoms with van der Waals surface area (Å²) in [6, 6.07) is 47.7. The van der Waals surface area contributed by atoms with E-state index in [4.69, 9.17) is 9.97 Å². The predicted octanol–water partition coefficient (Wildman–Crippen LogP) is 13.7. The summed E-state index contributed by atoms with van der Waals surface area (Å²) in [5.74, 6) is 8.93. The molecule has 2 heterocycles. The van der Waals surface area contributed by atoms with Crippen LogP contribution in [0.5, 0.6) is 0 Å². The van der Waals surface area contributed by atoms with E-state index in [1.54, 1.807) is 11.1 Å². The Morgan fingerprint density at radius 1 is 0.525 bits per heavy atom. The van der Waals surface area contributed by atoms with Crippen molar-refractivity contribution in [2.75, 3.05) is 4.90 Å². The summed E-state index contributed by atoms with van der Waals surface area (Å²) in [6.07, 6.45) is 24.1.